The van der Waals surface area contributed by atoms with Crippen LogP contribution in [0.1, 0.15) is 35.4 Å². The van der Waals surface area contributed by atoms with E-state index in [1.165, 1.54) is 6.26 Å². The predicted octanol–water partition coefficient (Wildman–Crippen LogP) is 4.44. The van der Waals surface area contributed by atoms with E-state index in [-0.39, 0.29) is 17.6 Å². The van der Waals surface area contributed by atoms with Gasteiger partial charge >= 0.3 is 0 Å². The summed E-state index contributed by atoms with van der Waals surface area (Å²) in [6.45, 7) is 0.855. The molecular weight excluding hydrogens is 428 g/mol. The summed E-state index contributed by atoms with van der Waals surface area (Å²) in [6, 6.07) is 22.6. The number of amides is 2. The molecule has 4 aromatic rings. The number of hydrogen-bond donors (Lipinski definition) is 1. The Labute approximate surface area is 198 Å². The molecule has 2 aromatic heterocycles. The Morgan fingerprint density at radius 2 is 1.74 bits per heavy atom. The van der Waals surface area contributed by atoms with Gasteiger partial charge in [0.25, 0.3) is 5.91 Å². The van der Waals surface area contributed by atoms with Gasteiger partial charge in [-0.05, 0) is 43.5 Å². The topological polar surface area (TPSA) is 80.4 Å². The van der Waals surface area contributed by atoms with E-state index < -0.39 is 6.04 Å². The highest BCUT2D eigenvalue weighted by molar-refractivity contribution is 5.95. The van der Waals surface area contributed by atoms with Crippen LogP contribution in [0.5, 0.6) is 0 Å². The lowest BCUT2D eigenvalue weighted by Crippen LogP contribution is -2.51. The van der Waals surface area contributed by atoms with E-state index in [2.05, 4.69) is 5.32 Å². The van der Waals surface area contributed by atoms with E-state index in [1.54, 1.807) is 17.0 Å². The highest BCUT2D eigenvalue weighted by Crippen LogP contribution is 2.24. The van der Waals surface area contributed by atoms with Crippen LogP contribution in [0.3, 0.4) is 0 Å². The Balaban J connectivity index is 1.37. The molecule has 7 heteroatoms. The van der Waals surface area contributed by atoms with Crippen molar-refractivity contribution in [1.29, 1.82) is 0 Å². The molecule has 1 aliphatic rings. The summed E-state index contributed by atoms with van der Waals surface area (Å²) in [5, 5.41) is 7.86. The fourth-order valence-electron chi connectivity index (χ4n) is 4.38. The molecule has 0 radical (unpaired) electrons. The maximum atomic E-state index is 13.2. The molecule has 3 heterocycles. The second-order valence-electron chi connectivity index (χ2n) is 8.35. The van der Waals surface area contributed by atoms with Crippen LogP contribution in [0.4, 0.5) is 0 Å². The number of hydrogen-bond acceptors (Lipinski definition) is 4. The highest BCUT2D eigenvalue weighted by atomic mass is 16.3. The van der Waals surface area contributed by atoms with Crippen molar-refractivity contribution in [3.63, 3.8) is 0 Å². The molecule has 0 bridgehead atoms. The number of nitrogens with one attached hydrogen (secondary N) is 1. The van der Waals surface area contributed by atoms with E-state index in [0.717, 1.165) is 35.3 Å². The number of furan rings is 1. The standard InChI is InChI=1S/C27H26N4O3/c32-26(23-14-7-8-16-30(23)27(33)24-15-9-17-34-24)28-18-21-19-31(22-12-5-2-6-13-22)29-25(21)20-10-3-1-4-11-20/h1-6,9-13,15,17,19,23H,7-8,14,16,18H2,(H,28,32). The molecule has 1 unspecified atom stereocenters. The van der Waals surface area contributed by atoms with Crippen LogP contribution in [-0.2, 0) is 11.3 Å². The predicted molar refractivity (Wildman–Crippen MR) is 128 cm³/mol. The first-order valence-electron chi connectivity index (χ1n) is 11.5. The molecule has 1 saturated heterocycles. The van der Waals surface area contributed by atoms with Gasteiger partial charge in [-0.3, -0.25) is 9.59 Å². The summed E-state index contributed by atoms with van der Waals surface area (Å²) in [4.78, 5) is 27.7. The zero-order valence-corrected chi connectivity index (χ0v) is 18.8. The van der Waals surface area contributed by atoms with Crippen LogP contribution in [0.15, 0.2) is 89.7 Å². The van der Waals surface area contributed by atoms with Gasteiger partial charge in [0.05, 0.1) is 17.6 Å². The zero-order valence-electron chi connectivity index (χ0n) is 18.8. The third kappa shape index (κ3) is 4.50. The largest absolute Gasteiger partial charge is 0.459 e. The Kier molecular flexibility index (Phi) is 6.25. The van der Waals surface area contributed by atoms with Gasteiger partial charge in [-0.1, -0.05) is 48.5 Å². The maximum absolute atomic E-state index is 13.2. The number of piperidine rings is 1. The number of aromatic nitrogens is 2. The minimum Gasteiger partial charge on any atom is -0.459 e. The average Bonchev–Trinajstić information content (AvgIpc) is 3.59. The van der Waals surface area contributed by atoms with Crippen molar-refractivity contribution in [2.75, 3.05) is 6.54 Å². The first kappa shape index (κ1) is 21.7. The highest BCUT2D eigenvalue weighted by Gasteiger charge is 2.33. The first-order valence-corrected chi connectivity index (χ1v) is 11.5. The molecule has 34 heavy (non-hydrogen) atoms. The monoisotopic (exact) mass is 454 g/mol. The summed E-state index contributed by atoms with van der Waals surface area (Å²) >= 11 is 0. The van der Waals surface area contributed by atoms with Crippen LogP contribution < -0.4 is 5.32 Å². The molecular formula is C27H26N4O3. The van der Waals surface area contributed by atoms with E-state index in [4.69, 9.17) is 9.52 Å². The van der Waals surface area contributed by atoms with Crippen LogP contribution in [0, 0.1) is 0 Å². The Bertz CT molecular complexity index is 1250. The molecule has 0 saturated carbocycles. The molecule has 0 aliphatic carbocycles. The van der Waals surface area contributed by atoms with Crippen molar-refractivity contribution in [3.8, 4) is 16.9 Å². The number of para-hydroxylation sites is 1. The third-order valence-corrected chi connectivity index (χ3v) is 6.11. The maximum Gasteiger partial charge on any atom is 0.290 e. The summed E-state index contributed by atoms with van der Waals surface area (Å²) in [6.07, 6.45) is 5.83. The van der Waals surface area contributed by atoms with E-state index in [0.29, 0.717) is 19.5 Å². The second-order valence-corrected chi connectivity index (χ2v) is 8.35. The molecule has 1 fully saturated rings. The summed E-state index contributed by atoms with van der Waals surface area (Å²) in [5.74, 6) is -0.145. The van der Waals surface area contributed by atoms with E-state index >= 15 is 0 Å². The van der Waals surface area contributed by atoms with E-state index in [1.807, 2.05) is 71.5 Å². The molecule has 2 aromatic carbocycles. The molecule has 5 rings (SSSR count). The molecule has 172 valence electrons. The Morgan fingerprint density at radius 1 is 0.971 bits per heavy atom. The fourth-order valence-corrected chi connectivity index (χ4v) is 4.38. The smallest absolute Gasteiger partial charge is 0.290 e. The lowest BCUT2D eigenvalue weighted by Gasteiger charge is -2.34. The van der Waals surface area contributed by atoms with Gasteiger partial charge in [0, 0.05) is 30.4 Å². The van der Waals surface area contributed by atoms with Crippen molar-refractivity contribution in [2.45, 2.75) is 31.8 Å². The fraction of sp³-hybridized carbons (Fsp3) is 0.222. The van der Waals surface area contributed by atoms with Gasteiger partial charge < -0.3 is 14.6 Å². The summed E-state index contributed by atoms with van der Waals surface area (Å²) in [7, 11) is 0. The van der Waals surface area contributed by atoms with E-state index in [9.17, 15) is 9.59 Å². The van der Waals surface area contributed by atoms with Gasteiger partial charge in [-0.2, -0.15) is 5.10 Å². The summed E-state index contributed by atoms with van der Waals surface area (Å²) < 4.78 is 7.11. The minimum atomic E-state index is -0.518. The van der Waals surface area contributed by atoms with Crippen LogP contribution >= 0.6 is 0 Å². The van der Waals surface area contributed by atoms with Gasteiger partial charge in [0.1, 0.15) is 6.04 Å². The molecule has 1 atom stereocenters. The number of rotatable bonds is 6. The minimum absolute atomic E-state index is 0.161. The first-order chi connectivity index (χ1) is 16.7. The quantitative estimate of drug-likeness (QED) is 0.467. The average molecular weight is 455 g/mol. The zero-order chi connectivity index (χ0) is 23.3. The Morgan fingerprint density at radius 3 is 2.47 bits per heavy atom. The molecule has 7 nitrogen and oxygen atoms in total. The molecule has 1 aliphatic heterocycles. The van der Waals surface area contributed by atoms with Crippen molar-refractivity contribution in [1.82, 2.24) is 20.0 Å². The number of carbonyl (C=O) groups excluding carboxylic acids is 2. The molecule has 1 N–H and O–H groups in total. The lowest BCUT2D eigenvalue weighted by atomic mass is 10.0. The molecule has 2 amide bonds. The number of nitrogens with zero attached hydrogens (tertiary/aromatic N) is 3. The SMILES string of the molecule is O=C(NCc1cn(-c2ccccc2)nc1-c1ccccc1)C1CCCCN1C(=O)c1ccco1. The van der Waals surface area contributed by atoms with Gasteiger partial charge in [-0.25, -0.2) is 4.68 Å². The Hall–Kier alpha value is -4.13. The normalized spacial score (nSPS) is 15.8. The number of likely N-dealkylation sites (tertiary alicyclic amines) is 1. The van der Waals surface area contributed by atoms with Gasteiger partial charge in [-0.15, -0.1) is 0 Å². The van der Waals surface area contributed by atoms with Crippen molar-refractivity contribution >= 4 is 11.8 Å². The molecule has 0 spiro atoms. The third-order valence-electron chi connectivity index (χ3n) is 6.11. The number of carbonyl (C=O) groups is 2. The lowest BCUT2D eigenvalue weighted by molar-refractivity contribution is -0.126. The van der Waals surface area contributed by atoms with Crippen LogP contribution in [0.25, 0.3) is 16.9 Å². The van der Waals surface area contributed by atoms with Crippen LogP contribution in [0.2, 0.25) is 0 Å². The van der Waals surface area contributed by atoms with Gasteiger partial charge in [0.15, 0.2) is 5.76 Å². The number of benzene rings is 2. The second kappa shape index (κ2) is 9.79. The summed E-state index contributed by atoms with van der Waals surface area (Å²) in [5.41, 5.74) is 3.65. The van der Waals surface area contributed by atoms with Gasteiger partial charge in [0.2, 0.25) is 5.91 Å². The van der Waals surface area contributed by atoms with Crippen LogP contribution in [-0.4, -0.2) is 39.1 Å². The van der Waals surface area contributed by atoms with Crippen molar-refractivity contribution in [3.05, 3.63) is 96.6 Å². The van der Waals surface area contributed by atoms with Crippen molar-refractivity contribution < 1.29 is 14.0 Å². The van der Waals surface area contributed by atoms with Crippen molar-refractivity contribution in [2.24, 2.45) is 0 Å².